The van der Waals surface area contributed by atoms with Gasteiger partial charge in [-0.3, -0.25) is 15.0 Å². The maximum atomic E-state index is 13.0. The zero-order chi connectivity index (χ0) is 19.2. The first-order chi connectivity index (χ1) is 13.0. The number of amides is 1. The second kappa shape index (κ2) is 9.05. The summed E-state index contributed by atoms with van der Waals surface area (Å²) in [6.45, 7) is 1.48. The van der Waals surface area contributed by atoms with E-state index in [0.29, 0.717) is 30.8 Å². The van der Waals surface area contributed by atoms with Gasteiger partial charge in [-0.05, 0) is 37.9 Å². The summed E-state index contributed by atoms with van der Waals surface area (Å²) in [6, 6.07) is 7.04. The van der Waals surface area contributed by atoms with Gasteiger partial charge in [0.05, 0.1) is 28.0 Å². The first kappa shape index (κ1) is 19.4. The molecule has 8 heteroatoms. The van der Waals surface area contributed by atoms with Crippen molar-refractivity contribution < 1.29 is 9.59 Å². The van der Waals surface area contributed by atoms with E-state index in [1.165, 1.54) is 11.3 Å². The number of nitrogens with zero attached hydrogens (tertiary/aromatic N) is 1. The third kappa shape index (κ3) is 5.11. The van der Waals surface area contributed by atoms with E-state index in [2.05, 4.69) is 15.6 Å². The van der Waals surface area contributed by atoms with Crippen LogP contribution >= 0.6 is 11.3 Å². The molecule has 3 rings (SSSR count). The molecule has 1 fully saturated rings. The fraction of sp³-hybridized carbons (Fsp3) is 0.474. The minimum atomic E-state index is -0.592. The van der Waals surface area contributed by atoms with Gasteiger partial charge >= 0.3 is 0 Å². The first-order valence-corrected chi connectivity index (χ1v) is 10.1. The zero-order valence-corrected chi connectivity index (χ0v) is 16.0. The molecule has 1 aromatic heterocycles. The Kier molecular flexibility index (Phi) is 6.52. The monoisotopic (exact) mass is 387 g/mol. The number of hydrogen-bond donors (Lipinski definition) is 4. The van der Waals surface area contributed by atoms with E-state index in [0.717, 1.165) is 29.6 Å². The zero-order valence-electron chi connectivity index (χ0n) is 15.2. The summed E-state index contributed by atoms with van der Waals surface area (Å²) in [5.41, 5.74) is 6.20. The van der Waals surface area contributed by atoms with Gasteiger partial charge in [0.2, 0.25) is 11.7 Å². The number of Topliss-reactive ketones (excluding diaryl/α,β-unsaturated/α-hetero) is 1. The second-order valence-electron chi connectivity index (χ2n) is 6.87. The molecule has 2 atom stereocenters. The molecule has 2 heterocycles. The molecule has 1 aromatic carbocycles. The number of nitrogens with one attached hydrogen (secondary N) is 3. The van der Waals surface area contributed by atoms with Gasteiger partial charge in [-0.2, -0.15) is 0 Å². The number of nitrogens with two attached hydrogens (primary N) is 1. The average molecular weight is 388 g/mol. The molecule has 0 bridgehead atoms. The van der Waals surface area contributed by atoms with Crippen molar-refractivity contribution in [2.24, 2.45) is 11.7 Å². The highest BCUT2D eigenvalue weighted by atomic mass is 32.1. The van der Waals surface area contributed by atoms with Gasteiger partial charge in [0, 0.05) is 13.0 Å². The Bertz CT molecular complexity index is 795. The van der Waals surface area contributed by atoms with Crippen molar-refractivity contribution in [3.8, 4) is 0 Å². The molecule has 1 aliphatic heterocycles. The first-order valence-electron chi connectivity index (χ1n) is 9.28. The second-order valence-corrected chi connectivity index (χ2v) is 7.90. The smallest absolute Gasteiger partial charge is 0.225 e. The number of hydrogen-bond acceptors (Lipinski definition) is 6. The number of ketones is 1. The van der Waals surface area contributed by atoms with Gasteiger partial charge in [-0.25, -0.2) is 4.98 Å². The van der Waals surface area contributed by atoms with Crippen LogP contribution in [0.25, 0.3) is 10.2 Å². The summed E-state index contributed by atoms with van der Waals surface area (Å²) in [5, 5.41) is 13.9. The highest BCUT2D eigenvalue weighted by Gasteiger charge is 2.29. The van der Waals surface area contributed by atoms with Crippen LogP contribution in [-0.4, -0.2) is 41.6 Å². The van der Waals surface area contributed by atoms with Crippen LogP contribution in [0.15, 0.2) is 24.3 Å². The highest BCUT2D eigenvalue weighted by Crippen LogP contribution is 2.23. The Balaban J connectivity index is 1.71. The third-order valence-electron chi connectivity index (χ3n) is 4.76. The molecule has 5 N–H and O–H groups in total. The lowest BCUT2D eigenvalue weighted by molar-refractivity contribution is -0.124. The van der Waals surface area contributed by atoms with Crippen molar-refractivity contribution >= 4 is 39.1 Å². The summed E-state index contributed by atoms with van der Waals surface area (Å²) in [7, 11) is 0. The van der Waals surface area contributed by atoms with Gasteiger partial charge in [0.25, 0.3) is 0 Å². The molecule has 1 saturated heterocycles. The minimum Gasteiger partial charge on any atom is -0.388 e. The van der Waals surface area contributed by atoms with Crippen molar-refractivity contribution in [3.63, 3.8) is 0 Å². The number of carbonyl (C=O) groups excluding carboxylic acids is 2. The SMILES string of the molecule is N=C(N)CCCC[C@H](NC(=O)[C@H]1CCNC1)C(=O)c1nc2ccccc2s1. The Morgan fingerprint density at radius 3 is 2.89 bits per heavy atom. The van der Waals surface area contributed by atoms with Crippen molar-refractivity contribution in [2.75, 3.05) is 13.1 Å². The van der Waals surface area contributed by atoms with Crippen LogP contribution in [0.5, 0.6) is 0 Å². The van der Waals surface area contributed by atoms with Crippen LogP contribution in [0.2, 0.25) is 0 Å². The molecule has 0 unspecified atom stereocenters. The number of rotatable bonds is 9. The quantitative estimate of drug-likeness (QED) is 0.227. The van der Waals surface area contributed by atoms with Crippen LogP contribution in [-0.2, 0) is 4.79 Å². The van der Waals surface area contributed by atoms with E-state index < -0.39 is 6.04 Å². The minimum absolute atomic E-state index is 0.0778. The molecule has 0 spiro atoms. The summed E-state index contributed by atoms with van der Waals surface area (Å²) < 4.78 is 0.961. The average Bonchev–Trinajstić information content (AvgIpc) is 3.32. The molecular weight excluding hydrogens is 362 g/mol. The largest absolute Gasteiger partial charge is 0.388 e. The number of para-hydroxylation sites is 1. The van der Waals surface area contributed by atoms with Gasteiger partial charge in [-0.15, -0.1) is 11.3 Å². The van der Waals surface area contributed by atoms with E-state index >= 15 is 0 Å². The van der Waals surface area contributed by atoms with E-state index in [4.69, 9.17) is 11.1 Å². The Labute approximate surface area is 162 Å². The molecule has 0 aliphatic carbocycles. The maximum absolute atomic E-state index is 13.0. The van der Waals surface area contributed by atoms with Crippen molar-refractivity contribution in [3.05, 3.63) is 29.3 Å². The number of aromatic nitrogens is 1. The molecular formula is C19H25N5O2S. The number of unbranched alkanes of at least 4 members (excludes halogenated alkanes) is 1. The van der Waals surface area contributed by atoms with Crippen molar-refractivity contribution in [1.82, 2.24) is 15.6 Å². The third-order valence-corrected chi connectivity index (χ3v) is 5.81. The number of thiazole rings is 1. The summed E-state index contributed by atoms with van der Waals surface area (Å²) >= 11 is 1.36. The van der Waals surface area contributed by atoms with E-state index in [9.17, 15) is 9.59 Å². The summed E-state index contributed by atoms with van der Waals surface area (Å²) in [6.07, 6.45) is 3.25. The maximum Gasteiger partial charge on any atom is 0.225 e. The van der Waals surface area contributed by atoms with E-state index in [-0.39, 0.29) is 23.4 Å². The summed E-state index contributed by atoms with van der Waals surface area (Å²) in [5.74, 6) is -0.164. The molecule has 27 heavy (non-hydrogen) atoms. The normalized spacial score (nSPS) is 17.7. The van der Waals surface area contributed by atoms with Gasteiger partial charge in [0.1, 0.15) is 0 Å². The van der Waals surface area contributed by atoms with Gasteiger partial charge in [0.15, 0.2) is 5.01 Å². The van der Waals surface area contributed by atoms with Gasteiger partial charge in [-0.1, -0.05) is 18.6 Å². The van der Waals surface area contributed by atoms with Crippen LogP contribution in [0, 0.1) is 11.3 Å². The predicted molar refractivity (Wildman–Crippen MR) is 107 cm³/mol. The van der Waals surface area contributed by atoms with Crippen LogP contribution in [0.3, 0.4) is 0 Å². The molecule has 1 amide bonds. The molecule has 0 saturated carbocycles. The lowest BCUT2D eigenvalue weighted by Gasteiger charge is -2.19. The molecule has 1 aliphatic rings. The lowest BCUT2D eigenvalue weighted by Crippen LogP contribution is -2.44. The molecule has 2 aromatic rings. The van der Waals surface area contributed by atoms with Gasteiger partial charge < -0.3 is 16.4 Å². The number of fused-ring (bicyclic) bond motifs is 1. The topological polar surface area (TPSA) is 121 Å². The summed E-state index contributed by atoms with van der Waals surface area (Å²) in [4.78, 5) is 30.0. The standard InChI is InChI=1S/C19H25N5O2S/c20-16(21)8-4-2-6-14(23-18(26)12-9-10-22-11-12)17(25)19-24-13-5-1-3-7-15(13)27-19/h1,3,5,7,12,14,22H,2,4,6,8-11H2,(H3,20,21)(H,23,26)/t12-,14-/m0/s1. The molecule has 0 radical (unpaired) electrons. The highest BCUT2D eigenvalue weighted by molar-refractivity contribution is 7.20. The van der Waals surface area contributed by atoms with Crippen LogP contribution in [0.4, 0.5) is 0 Å². The lowest BCUT2D eigenvalue weighted by atomic mass is 10.0. The van der Waals surface area contributed by atoms with E-state index in [1.54, 1.807) is 0 Å². The van der Waals surface area contributed by atoms with Crippen LogP contribution < -0.4 is 16.4 Å². The number of benzene rings is 1. The number of amidine groups is 1. The predicted octanol–water partition coefficient (Wildman–Crippen LogP) is 2.07. The van der Waals surface area contributed by atoms with Crippen molar-refractivity contribution in [1.29, 1.82) is 5.41 Å². The Morgan fingerprint density at radius 2 is 2.19 bits per heavy atom. The van der Waals surface area contributed by atoms with E-state index in [1.807, 2.05) is 24.3 Å². The molecule has 7 nitrogen and oxygen atoms in total. The van der Waals surface area contributed by atoms with Crippen LogP contribution in [0.1, 0.15) is 41.9 Å². The Morgan fingerprint density at radius 1 is 1.37 bits per heavy atom. The fourth-order valence-corrected chi connectivity index (χ4v) is 4.19. The number of carbonyl (C=O) groups is 2. The molecule has 144 valence electrons. The fourth-order valence-electron chi connectivity index (χ4n) is 3.23. The Hall–Kier alpha value is -2.32. The van der Waals surface area contributed by atoms with Crippen molar-refractivity contribution in [2.45, 2.75) is 38.1 Å².